The van der Waals surface area contributed by atoms with Crippen LogP contribution >= 0.6 is 0 Å². The molecule has 7 heteroatoms. The predicted octanol–water partition coefficient (Wildman–Crippen LogP) is -3.25. The molecule has 0 fully saturated rings. The molecule has 13 heavy (non-hydrogen) atoms. The summed E-state index contributed by atoms with van der Waals surface area (Å²) in [5.41, 5.74) is 0. The van der Waals surface area contributed by atoms with E-state index in [1.54, 1.807) is 0 Å². The van der Waals surface area contributed by atoms with Gasteiger partial charge in [-0.3, -0.25) is 14.4 Å². The molecule has 6 nitrogen and oxygen atoms in total. The first-order valence-electron chi connectivity index (χ1n) is 3.10. The molecule has 0 rings (SSSR count). The van der Waals surface area contributed by atoms with Gasteiger partial charge in [-0.1, -0.05) is 0 Å². The number of aliphatic carboxylic acids is 3. The third-order valence-electron chi connectivity index (χ3n) is 1.19. The molecule has 0 aliphatic carbocycles. The Labute approximate surface area is 87.2 Å². The molecule has 70 valence electrons. The molecule has 0 spiro atoms. The zero-order valence-corrected chi connectivity index (χ0v) is 7.06. The van der Waals surface area contributed by atoms with E-state index < -0.39 is 36.7 Å². The zero-order chi connectivity index (χ0) is 9.72. The Morgan fingerprint density at radius 3 is 1.46 bits per heavy atom. The summed E-state index contributed by atoms with van der Waals surface area (Å²) in [6.07, 6.45) is -1.33. The Hall–Kier alpha value is -0.993. The summed E-state index contributed by atoms with van der Waals surface area (Å²) in [6, 6.07) is 0. The van der Waals surface area contributed by atoms with Gasteiger partial charge in [0, 0.05) is 0 Å². The summed E-state index contributed by atoms with van der Waals surface area (Å²) >= 11 is 0. The Morgan fingerprint density at radius 2 is 1.31 bits per heavy atom. The number of rotatable bonds is 5. The summed E-state index contributed by atoms with van der Waals surface area (Å²) < 4.78 is 0. The van der Waals surface area contributed by atoms with Crippen LogP contribution in [0, 0.1) is 5.92 Å². The van der Waals surface area contributed by atoms with Gasteiger partial charge in [0.1, 0.15) is 0 Å². The maximum atomic E-state index is 10.2. The van der Waals surface area contributed by atoms with Gasteiger partial charge in [-0.05, 0) is 0 Å². The first kappa shape index (κ1) is 14.5. The van der Waals surface area contributed by atoms with Crippen LogP contribution in [0.2, 0.25) is 0 Å². The minimum Gasteiger partial charge on any atom is -1.00 e. The third-order valence-corrected chi connectivity index (χ3v) is 1.19. The number of carboxylic acids is 3. The normalized spacial score (nSPS) is 9.00. The average molecular weight is 184 g/mol. The quantitative estimate of drug-likeness (QED) is 0.387. The van der Waals surface area contributed by atoms with Crippen LogP contribution in [0.5, 0.6) is 0 Å². The molecule has 0 aromatic heterocycles. The summed E-state index contributed by atoms with van der Waals surface area (Å²) in [6.45, 7) is 0. The van der Waals surface area contributed by atoms with Crippen molar-refractivity contribution in [2.75, 3.05) is 0 Å². The maximum Gasteiger partial charge on any atom is 1.00 e. The van der Waals surface area contributed by atoms with Crippen molar-refractivity contribution in [2.24, 2.45) is 5.92 Å². The molecule has 0 bridgehead atoms. The third kappa shape index (κ3) is 7.37. The Bertz CT molecular complexity index is 202. The van der Waals surface area contributed by atoms with Gasteiger partial charge in [-0.15, -0.1) is 0 Å². The second-order valence-corrected chi connectivity index (χ2v) is 2.23. The zero-order valence-electron chi connectivity index (χ0n) is 8.06. The van der Waals surface area contributed by atoms with Crippen LogP contribution in [0.15, 0.2) is 0 Å². The van der Waals surface area contributed by atoms with E-state index >= 15 is 0 Å². The predicted molar refractivity (Wildman–Crippen MR) is 36.7 cm³/mol. The maximum absolute atomic E-state index is 10.2. The molecule has 0 aliphatic rings. The van der Waals surface area contributed by atoms with Gasteiger partial charge in [0.25, 0.3) is 0 Å². The molecular formula is C6H9LiO6. The molecule has 0 amide bonds. The van der Waals surface area contributed by atoms with Crippen LogP contribution in [0.25, 0.3) is 0 Å². The fourth-order valence-electron chi connectivity index (χ4n) is 0.668. The minimum atomic E-state index is -1.40. The summed E-state index contributed by atoms with van der Waals surface area (Å²) in [4.78, 5) is 30.3. The summed E-state index contributed by atoms with van der Waals surface area (Å²) in [5.74, 6) is -5.38. The minimum absolute atomic E-state index is 0. The van der Waals surface area contributed by atoms with E-state index in [0.717, 1.165) is 0 Å². The molecule has 0 aromatic rings. The smallest absolute Gasteiger partial charge is 1.00 e. The molecule has 0 aromatic carbocycles. The molecule has 0 radical (unpaired) electrons. The molecule has 0 aliphatic heterocycles. The second kappa shape index (κ2) is 6.52. The summed E-state index contributed by atoms with van der Waals surface area (Å²) in [7, 11) is 0. The Morgan fingerprint density at radius 1 is 1.00 bits per heavy atom. The van der Waals surface area contributed by atoms with E-state index in [4.69, 9.17) is 15.3 Å². The molecule has 0 unspecified atom stereocenters. The molecular weight excluding hydrogens is 175 g/mol. The number of hydrogen-bond donors (Lipinski definition) is 3. The van der Waals surface area contributed by atoms with E-state index in [1.165, 1.54) is 0 Å². The van der Waals surface area contributed by atoms with Crippen LogP contribution in [0.3, 0.4) is 0 Å². The van der Waals surface area contributed by atoms with Gasteiger partial charge in [-0.25, -0.2) is 0 Å². The van der Waals surface area contributed by atoms with E-state index in [0.29, 0.717) is 0 Å². The van der Waals surface area contributed by atoms with Gasteiger partial charge in [0.15, 0.2) is 0 Å². The molecule has 3 N–H and O–H groups in total. The molecule has 0 saturated carbocycles. The Kier molecular flexibility index (Phi) is 7.28. The first-order chi connectivity index (χ1) is 5.43. The van der Waals surface area contributed by atoms with Crippen LogP contribution in [-0.4, -0.2) is 33.2 Å². The molecule has 0 saturated heterocycles. The van der Waals surface area contributed by atoms with Crippen molar-refractivity contribution in [3.63, 3.8) is 0 Å². The monoisotopic (exact) mass is 184 g/mol. The summed E-state index contributed by atoms with van der Waals surface area (Å²) in [5, 5.41) is 24.7. The van der Waals surface area contributed by atoms with E-state index in [9.17, 15) is 14.4 Å². The number of carboxylic acid groups (broad SMARTS) is 3. The fraction of sp³-hybridized carbons (Fsp3) is 0.500. The van der Waals surface area contributed by atoms with Gasteiger partial charge in [0.2, 0.25) is 0 Å². The van der Waals surface area contributed by atoms with Crippen LogP contribution in [0.4, 0.5) is 0 Å². The second-order valence-electron chi connectivity index (χ2n) is 2.23. The average Bonchev–Trinajstić information content (AvgIpc) is 1.83. The van der Waals surface area contributed by atoms with Crippen molar-refractivity contribution in [3.8, 4) is 0 Å². The standard InChI is InChI=1S/C6H8O6.Li.H/c7-4(8)1-3(6(11)12)2-5(9)10;;/h3H,1-2H2,(H,7,8)(H,9,10)(H,11,12);;/q;+1;-1. The van der Waals surface area contributed by atoms with Crippen LogP contribution < -0.4 is 18.9 Å². The van der Waals surface area contributed by atoms with Gasteiger partial charge in [0.05, 0.1) is 18.8 Å². The first-order valence-corrected chi connectivity index (χ1v) is 3.10. The van der Waals surface area contributed by atoms with Crippen molar-refractivity contribution in [2.45, 2.75) is 12.8 Å². The van der Waals surface area contributed by atoms with Crippen molar-refractivity contribution in [3.05, 3.63) is 0 Å². The van der Waals surface area contributed by atoms with Crippen LogP contribution in [-0.2, 0) is 14.4 Å². The van der Waals surface area contributed by atoms with Gasteiger partial charge < -0.3 is 16.7 Å². The van der Waals surface area contributed by atoms with Gasteiger partial charge >= 0.3 is 36.8 Å². The SMILES string of the molecule is O=C(O)CC(CC(=O)O)C(=O)O.[H-].[Li+]. The topological polar surface area (TPSA) is 112 Å². The van der Waals surface area contributed by atoms with Crippen molar-refractivity contribution < 1.29 is 50.0 Å². The van der Waals surface area contributed by atoms with Crippen LogP contribution in [0.1, 0.15) is 14.3 Å². The van der Waals surface area contributed by atoms with Crippen molar-refractivity contribution in [1.29, 1.82) is 0 Å². The number of hydrogen-bond acceptors (Lipinski definition) is 3. The number of carbonyl (C=O) groups is 3. The largest absolute Gasteiger partial charge is 1.00 e. The molecule has 0 atom stereocenters. The van der Waals surface area contributed by atoms with E-state index in [2.05, 4.69) is 0 Å². The van der Waals surface area contributed by atoms with Crippen molar-refractivity contribution in [1.82, 2.24) is 0 Å². The molecule has 0 heterocycles. The fourth-order valence-corrected chi connectivity index (χ4v) is 0.668. The van der Waals surface area contributed by atoms with E-state index in [1.807, 2.05) is 0 Å². The van der Waals surface area contributed by atoms with Gasteiger partial charge in [-0.2, -0.15) is 0 Å². The van der Waals surface area contributed by atoms with E-state index in [-0.39, 0.29) is 20.3 Å². The Balaban J connectivity index is -0.000000605. The van der Waals surface area contributed by atoms with Crippen molar-refractivity contribution >= 4 is 17.9 Å².